The van der Waals surface area contributed by atoms with Gasteiger partial charge in [0.25, 0.3) is 0 Å². The second-order valence-corrected chi connectivity index (χ2v) is 14.2. The number of likely N-dealkylation sites (tertiary alicyclic amines) is 3. The number of rotatable bonds is 7. The van der Waals surface area contributed by atoms with Gasteiger partial charge < -0.3 is 34.8 Å². The number of hydrogen-bond acceptors (Lipinski definition) is 12. The molecule has 0 saturated carbocycles. The quantitative estimate of drug-likeness (QED) is 0.166. The first-order valence-corrected chi connectivity index (χ1v) is 19.0. The van der Waals surface area contributed by atoms with E-state index in [1.165, 1.54) is 51.0 Å². The molecule has 0 amide bonds. The molecule has 5 heterocycles. The number of ether oxygens (including phenoxy) is 2. The summed E-state index contributed by atoms with van der Waals surface area (Å²) in [5, 5.41) is 17.6. The van der Waals surface area contributed by atoms with Crippen LogP contribution in [0.15, 0.2) is 11.6 Å². The third-order valence-corrected chi connectivity index (χ3v) is 10.1. The summed E-state index contributed by atoms with van der Waals surface area (Å²) in [5.41, 5.74) is 1.41. The Labute approximate surface area is 309 Å². The zero-order valence-electron chi connectivity index (χ0n) is 32.5. The molecule has 5 saturated heterocycles. The maximum atomic E-state index is 11.5. The van der Waals surface area contributed by atoms with E-state index >= 15 is 0 Å². The van der Waals surface area contributed by atoms with Crippen molar-refractivity contribution in [3.8, 4) is 0 Å². The van der Waals surface area contributed by atoms with Crippen LogP contribution < -0.4 is 10.6 Å². The second kappa shape index (κ2) is 27.2. The van der Waals surface area contributed by atoms with E-state index in [-0.39, 0.29) is 37.3 Å². The third kappa shape index (κ3) is 21.0. The third-order valence-electron chi connectivity index (χ3n) is 10.1. The molecule has 1 spiro atoms. The van der Waals surface area contributed by atoms with Crippen LogP contribution in [0, 0.1) is 20.9 Å². The summed E-state index contributed by atoms with van der Waals surface area (Å²) >= 11 is 0. The summed E-state index contributed by atoms with van der Waals surface area (Å²) in [6.07, 6.45) is 10.9. The molecular weight excluding hydrogens is 652 g/mol. The molecule has 13 heteroatoms. The van der Waals surface area contributed by atoms with Crippen LogP contribution in [0.1, 0.15) is 99.3 Å². The van der Waals surface area contributed by atoms with Crippen molar-refractivity contribution in [2.45, 2.75) is 99.3 Å². The topological polar surface area (TPSA) is 147 Å². The van der Waals surface area contributed by atoms with Gasteiger partial charge in [-0.1, -0.05) is 26.8 Å². The molecule has 5 aliphatic rings. The van der Waals surface area contributed by atoms with Crippen molar-refractivity contribution < 1.29 is 28.8 Å². The molecule has 0 bridgehead atoms. The van der Waals surface area contributed by atoms with E-state index in [1.54, 1.807) is 13.0 Å². The fraction of sp³-hybridized carbons (Fsp3) is 0.868. The number of hydrogen-bond donors (Lipinski definition) is 2. The Kier molecular flexibility index (Phi) is 25.9. The molecule has 0 unspecified atom stereocenters. The van der Waals surface area contributed by atoms with Gasteiger partial charge in [0.1, 0.15) is 5.78 Å². The van der Waals surface area contributed by atoms with Crippen LogP contribution in [0.3, 0.4) is 0 Å². The number of carbonyl (C=O) groups is 3. The minimum Gasteiger partial charge on any atom is -0.466 e. The lowest BCUT2D eigenvalue weighted by molar-refractivity contribution is -0.499. The predicted molar refractivity (Wildman–Crippen MR) is 206 cm³/mol. The number of piperidine rings is 4. The maximum absolute atomic E-state index is 11.5. The predicted octanol–water partition coefficient (Wildman–Crippen LogP) is 4.42. The lowest BCUT2D eigenvalue weighted by atomic mass is 9.76. The van der Waals surface area contributed by atoms with Crippen LogP contribution in [0.2, 0.25) is 0 Å². The second-order valence-electron chi connectivity index (χ2n) is 14.2. The minimum absolute atomic E-state index is 0. The van der Waals surface area contributed by atoms with Crippen molar-refractivity contribution in [1.82, 2.24) is 25.3 Å². The molecule has 0 atom stereocenters. The Hall–Kier alpha value is -2.45. The van der Waals surface area contributed by atoms with Crippen molar-refractivity contribution in [1.29, 1.82) is 0 Å². The summed E-state index contributed by atoms with van der Waals surface area (Å²) in [7, 11) is 6.13. The highest BCUT2D eigenvalue weighted by Gasteiger charge is 2.41. The van der Waals surface area contributed by atoms with E-state index in [4.69, 9.17) is 9.47 Å². The Morgan fingerprint density at radius 3 is 1.71 bits per heavy atom. The van der Waals surface area contributed by atoms with Gasteiger partial charge in [0, 0.05) is 62.0 Å². The van der Waals surface area contributed by atoms with E-state index in [0.29, 0.717) is 37.3 Å². The summed E-state index contributed by atoms with van der Waals surface area (Å²) in [4.78, 5) is 50.2. The van der Waals surface area contributed by atoms with Crippen LogP contribution in [0.25, 0.3) is 0 Å². The lowest BCUT2D eigenvalue weighted by Crippen LogP contribution is -2.43. The van der Waals surface area contributed by atoms with Gasteiger partial charge in [-0.2, -0.15) is 0 Å². The van der Waals surface area contributed by atoms with Gasteiger partial charge in [-0.15, -0.1) is 0 Å². The summed E-state index contributed by atoms with van der Waals surface area (Å²) in [5.74, 6) is -0.0935. The van der Waals surface area contributed by atoms with Gasteiger partial charge in [-0.25, -0.2) is 4.79 Å². The number of nitrogens with one attached hydrogen (secondary N) is 2. The number of esters is 2. The largest absolute Gasteiger partial charge is 0.466 e. The van der Waals surface area contributed by atoms with E-state index in [1.807, 2.05) is 34.9 Å². The first-order valence-electron chi connectivity index (χ1n) is 19.0. The molecule has 298 valence electrons. The van der Waals surface area contributed by atoms with Gasteiger partial charge in [-0.3, -0.25) is 19.7 Å². The van der Waals surface area contributed by atoms with E-state index in [2.05, 4.69) is 32.4 Å². The van der Waals surface area contributed by atoms with Gasteiger partial charge >= 0.3 is 11.9 Å². The van der Waals surface area contributed by atoms with Crippen molar-refractivity contribution in [3.63, 3.8) is 0 Å². The average molecular weight is 727 g/mol. The van der Waals surface area contributed by atoms with Crippen LogP contribution in [0.5, 0.6) is 0 Å². The molecule has 0 radical (unpaired) electrons. The molecule has 51 heavy (non-hydrogen) atoms. The van der Waals surface area contributed by atoms with E-state index in [0.717, 1.165) is 65.0 Å². The number of carbonyl (C=O) groups excluding carboxylic acids is 3. The Bertz CT molecular complexity index is 998. The Morgan fingerprint density at radius 2 is 1.25 bits per heavy atom. The van der Waals surface area contributed by atoms with Crippen LogP contribution in [0.4, 0.5) is 0 Å². The number of nitrogens with zero attached hydrogens (tertiary/aromatic N) is 4. The zero-order chi connectivity index (χ0) is 37.4. The van der Waals surface area contributed by atoms with Crippen molar-refractivity contribution in [3.05, 3.63) is 21.8 Å². The fourth-order valence-electron chi connectivity index (χ4n) is 6.72. The van der Waals surface area contributed by atoms with Gasteiger partial charge in [-0.05, 0) is 118 Å². The lowest BCUT2D eigenvalue weighted by Gasteiger charge is -2.37. The molecule has 5 fully saturated rings. The molecular formula is C38H74N6O7. The smallest absolute Gasteiger partial charge is 0.330 e. The standard InChI is InChI=1S/C11H20N2O4.C10H17NO2.C8H16N2.C6H11NO.C2H6.CH4/c1-3-17-10(14)8-11(9-13(15)16)4-6-12(2)7-5-11;1-3-13-10(12)8-9-4-6-11(2)7-5-9;1-4-9-5-2-8(1)3-6-10-7-8;1-7-4-2-6(8)3-5-7;1-2;/h3-9H2,1-2H3;8H,3-7H2,1-2H3;9-10H,1-7H2;2-5H2,1H3;1-2H3;1H4. The average Bonchev–Trinajstić information content (AvgIpc) is 3.54. The summed E-state index contributed by atoms with van der Waals surface area (Å²) < 4.78 is 9.75. The van der Waals surface area contributed by atoms with E-state index in [9.17, 15) is 24.5 Å². The molecule has 0 aromatic heterocycles. The SMILES string of the molecule is C.C1CC2(CCN1)CCNC2.CC.CCOC(=O)C=C1CCN(C)CC1.CCOC(=O)CC1(C[N+](=O)[O-])CCN(C)CC1.CN1CCC(=O)CC1. The molecule has 5 rings (SSSR count). The zero-order valence-corrected chi connectivity index (χ0v) is 32.5. The Balaban J connectivity index is 0.000000658. The van der Waals surface area contributed by atoms with Gasteiger partial charge in [0.15, 0.2) is 0 Å². The van der Waals surface area contributed by atoms with Crippen LogP contribution in [-0.2, 0) is 23.9 Å². The van der Waals surface area contributed by atoms with Gasteiger partial charge in [0.05, 0.1) is 19.6 Å². The van der Waals surface area contributed by atoms with E-state index < -0.39 is 5.41 Å². The first-order chi connectivity index (χ1) is 23.9. The molecule has 0 aliphatic carbocycles. The number of nitro groups is 1. The monoisotopic (exact) mass is 727 g/mol. The van der Waals surface area contributed by atoms with Crippen LogP contribution in [-0.4, -0.2) is 144 Å². The minimum atomic E-state index is -0.512. The maximum Gasteiger partial charge on any atom is 0.330 e. The highest BCUT2D eigenvalue weighted by atomic mass is 16.6. The molecule has 2 N–H and O–H groups in total. The summed E-state index contributed by atoms with van der Waals surface area (Å²) in [6.45, 7) is 18.8. The first kappa shape index (κ1) is 48.5. The summed E-state index contributed by atoms with van der Waals surface area (Å²) in [6, 6.07) is 0. The van der Waals surface area contributed by atoms with Crippen LogP contribution >= 0.6 is 0 Å². The van der Waals surface area contributed by atoms with Crippen molar-refractivity contribution in [2.24, 2.45) is 10.8 Å². The van der Waals surface area contributed by atoms with Crippen molar-refractivity contribution in [2.75, 3.05) is 106 Å². The van der Waals surface area contributed by atoms with Gasteiger partial charge in [0.2, 0.25) is 6.54 Å². The highest BCUT2D eigenvalue weighted by molar-refractivity contribution is 5.82. The molecule has 5 aliphatic heterocycles. The molecule has 0 aromatic rings. The van der Waals surface area contributed by atoms with Crippen molar-refractivity contribution >= 4 is 17.7 Å². The molecule has 13 nitrogen and oxygen atoms in total. The Morgan fingerprint density at radius 1 is 0.784 bits per heavy atom. The fourth-order valence-corrected chi connectivity index (χ4v) is 6.72. The number of ketones is 1. The number of Topliss-reactive ketones (excluding diaryl/α,β-unsaturated/α-hetero) is 1. The molecule has 0 aromatic carbocycles. The normalized spacial score (nSPS) is 21.3. The highest BCUT2D eigenvalue weighted by Crippen LogP contribution is 2.35.